The first-order chi connectivity index (χ1) is 8.54. The van der Waals surface area contributed by atoms with Crippen LogP contribution in [0.15, 0.2) is 16.6 Å². The zero-order valence-corrected chi connectivity index (χ0v) is 12.6. The average molecular weight is 313 g/mol. The minimum Gasteiger partial charge on any atom is -0.398 e. The average Bonchev–Trinajstić information content (AvgIpc) is 2.32. The smallest absolute Gasteiger partial charge is 0.224 e. The van der Waals surface area contributed by atoms with Gasteiger partial charge in [-0.3, -0.25) is 4.79 Å². The molecule has 1 amide bonds. The van der Waals surface area contributed by atoms with Crippen molar-refractivity contribution >= 4 is 33.2 Å². The molecule has 0 heterocycles. The first-order valence-corrected chi connectivity index (χ1v) is 7.19. The maximum Gasteiger partial charge on any atom is 0.224 e. The third-order valence-electron chi connectivity index (χ3n) is 2.89. The molecule has 0 bridgehead atoms. The molecule has 1 aromatic carbocycles. The number of unbranched alkanes of at least 4 members (excludes halogenated alkanes) is 3. The Morgan fingerprint density at radius 1 is 1.33 bits per heavy atom. The van der Waals surface area contributed by atoms with Crippen molar-refractivity contribution < 1.29 is 4.79 Å². The minimum absolute atomic E-state index is 0.0510. The van der Waals surface area contributed by atoms with E-state index in [1.54, 1.807) is 6.07 Å². The highest BCUT2D eigenvalue weighted by molar-refractivity contribution is 9.10. The van der Waals surface area contributed by atoms with Crippen LogP contribution >= 0.6 is 15.9 Å². The fourth-order valence-corrected chi connectivity index (χ4v) is 2.27. The van der Waals surface area contributed by atoms with Crippen molar-refractivity contribution in [2.45, 2.75) is 46.0 Å². The van der Waals surface area contributed by atoms with Gasteiger partial charge in [-0.25, -0.2) is 0 Å². The fraction of sp³-hybridized carbons (Fsp3) is 0.500. The number of carbonyl (C=O) groups is 1. The zero-order valence-electron chi connectivity index (χ0n) is 11.1. The first-order valence-electron chi connectivity index (χ1n) is 6.40. The molecule has 3 nitrogen and oxygen atoms in total. The Kier molecular flexibility index (Phi) is 6.19. The summed E-state index contributed by atoms with van der Waals surface area (Å²) in [4.78, 5) is 11.8. The van der Waals surface area contributed by atoms with E-state index in [0.717, 1.165) is 28.6 Å². The van der Waals surface area contributed by atoms with Crippen molar-refractivity contribution in [2.75, 3.05) is 11.1 Å². The number of hydrogen-bond acceptors (Lipinski definition) is 2. The molecule has 0 atom stereocenters. The van der Waals surface area contributed by atoms with Gasteiger partial charge >= 0.3 is 0 Å². The lowest BCUT2D eigenvalue weighted by molar-refractivity contribution is -0.116. The normalized spacial score (nSPS) is 10.4. The van der Waals surface area contributed by atoms with E-state index in [9.17, 15) is 4.79 Å². The van der Waals surface area contributed by atoms with Gasteiger partial charge in [0.15, 0.2) is 0 Å². The largest absolute Gasteiger partial charge is 0.398 e. The molecule has 100 valence electrons. The first kappa shape index (κ1) is 15.0. The summed E-state index contributed by atoms with van der Waals surface area (Å²) in [7, 11) is 0. The van der Waals surface area contributed by atoms with Crippen LogP contribution in [0.3, 0.4) is 0 Å². The van der Waals surface area contributed by atoms with Gasteiger partial charge in [-0.1, -0.05) is 26.2 Å². The lowest BCUT2D eigenvalue weighted by atomic mass is 10.1. The monoisotopic (exact) mass is 312 g/mol. The Balaban J connectivity index is 2.51. The van der Waals surface area contributed by atoms with Gasteiger partial charge < -0.3 is 11.1 Å². The van der Waals surface area contributed by atoms with Crippen molar-refractivity contribution in [1.82, 2.24) is 0 Å². The highest BCUT2D eigenvalue weighted by Gasteiger charge is 2.07. The van der Waals surface area contributed by atoms with E-state index in [0.29, 0.717) is 12.1 Å². The van der Waals surface area contributed by atoms with Gasteiger partial charge in [0.05, 0.1) is 5.69 Å². The van der Waals surface area contributed by atoms with Crippen molar-refractivity contribution in [3.8, 4) is 0 Å². The Morgan fingerprint density at radius 2 is 2.06 bits per heavy atom. The molecular weight excluding hydrogens is 292 g/mol. The van der Waals surface area contributed by atoms with Gasteiger partial charge in [0.25, 0.3) is 0 Å². The van der Waals surface area contributed by atoms with Crippen molar-refractivity contribution in [3.63, 3.8) is 0 Å². The fourth-order valence-electron chi connectivity index (χ4n) is 1.71. The van der Waals surface area contributed by atoms with Crippen molar-refractivity contribution in [1.29, 1.82) is 0 Å². The number of amides is 1. The molecule has 0 aliphatic carbocycles. The van der Waals surface area contributed by atoms with Crippen LogP contribution in [0, 0.1) is 6.92 Å². The number of aryl methyl sites for hydroxylation is 1. The van der Waals surface area contributed by atoms with Crippen molar-refractivity contribution in [3.05, 3.63) is 22.2 Å². The van der Waals surface area contributed by atoms with Gasteiger partial charge in [0.2, 0.25) is 5.91 Å². The van der Waals surface area contributed by atoms with E-state index in [1.807, 2.05) is 13.0 Å². The van der Waals surface area contributed by atoms with Crippen LogP contribution in [0.5, 0.6) is 0 Å². The van der Waals surface area contributed by atoms with Crippen LogP contribution < -0.4 is 11.1 Å². The zero-order chi connectivity index (χ0) is 13.5. The molecule has 0 unspecified atom stereocenters. The van der Waals surface area contributed by atoms with E-state index in [1.165, 1.54) is 12.8 Å². The second kappa shape index (κ2) is 7.41. The van der Waals surface area contributed by atoms with Gasteiger partial charge in [-0.05, 0) is 47.0 Å². The molecule has 1 rings (SSSR count). The summed E-state index contributed by atoms with van der Waals surface area (Å²) < 4.78 is 0.871. The Hall–Kier alpha value is -1.03. The van der Waals surface area contributed by atoms with E-state index in [4.69, 9.17) is 5.73 Å². The van der Waals surface area contributed by atoms with E-state index >= 15 is 0 Å². The second-order valence-corrected chi connectivity index (χ2v) is 5.40. The van der Waals surface area contributed by atoms with E-state index in [2.05, 4.69) is 28.2 Å². The summed E-state index contributed by atoms with van der Waals surface area (Å²) in [6, 6.07) is 3.71. The molecular formula is C14H21BrN2O. The Labute approximate surface area is 117 Å². The predicted molar refractivity (Wildman–Crippen MR) is 80.7 cm³/mol. The Bertz CT molecular complexity index is 419. The SMILES string of the molecule is CCCCCCC(=O)Nc1cc(N)c(C)cc1Br. The van der Waals surface area contributed by atoms with Crippen LogP contribution in [0.2, 0.25) is 0 Å². The number of nitrogens with two attached hydrogens (primary N) is 1. The third kappa shape index (κ3) is 4.69. The molecule has 1 aromatic rings. The summed E-state index contributed by atoms with van der Waals surface area (Å²) >= 11 is 3.43. The summed E-state index contributed by atoms with van der Waals surface area (Å²) in [5.74, 6) is 0.0510. The summed E-state index contributed by atoms with van der Waals surface area (Å²) in [5.41, 5.74) is 8.28. The van der Waals surface area contributed by atoms with Gasteiger partial charge in [-0.2, -0.15) is 0 Å². The molecule has 3 N–H and O–H groups in total. The van der Waals surface area contributed by atoms with Crippen LogP contribution in [0.1, 0.15) is 44.6 Å². The van der Waals surface area contributed by atoms with Gasteiger partial charge in [0.1, 0.15) is 0 Å². The third-order valence-corrected chi connectivity index (χ3v) is 3.54. The van der Waals surface area contributed by atoms with Crippen LogP contribution in [-0.4, -0.2) is 5.91 Å². The molecule has 0 aliphatic rings. The second-order valence-electron chi connectivity index (χ2n) is 4.55. The van der Waals surface area contributed by atoms with E-state index in [-0.39, 0.29) is 5.91 Å². The maximum atomic E-state index is 11.8. The molecule has 0 saturated heterocycles. The maximum absolute atomic E-state index is 11.8. The van der Waals surface area contributed by atoms with Crippen molar-refractivity contribution in [2.24, 2.45) is 0 Å². The van der Waals surface area contributed by atoms with E-state index < -0.39 is 0 Å². The number of halogens is 1. The lowest BCUT2D eigenvalue weighted by Crippen LogP contribution is -2.12. The quantitative estimate of drug-likeness (QED) is 0.609. The summed E-state index contributed by atoms with van der Waals surface area (Å²) in [5, 5.41) is 2.89. The number of rotatable bonds is 6. The number of anilines is 2. The van der Waals surface area contributed by atoms with Crippen LogP contribution in [0.25, 0.3) is 0 Å². The number of carbonyl (C=O) groups excluding carboxylic acids is 1. The topological polar surface area (TPSA) is 55.1 Å². The van der Waals surface area contributed by atoms with Crippen LogP contribution in [-0.2, 0) is 4.79 Å². The number of nitrogen functional groups attached to an aromatic ring is 1. The van der Waals surface area contributed by atoms with Crippen LogP contribution in [0.4, 0.5) is 11.4 Å². The summed E-state index contributed by atoms with van der Waals surface area (Å²) in [6.07, 6.45) is 5.00. The molecule has 0 aliphatic heterocycles. The molecule has 0 aromatic heterocycles. The molecule has 0 spiro atoms. The highest BCUT2D eigenvalue weighted by atomic mass is 79.9. The lowest BCUT2D eigenvalue weighted by Gasteiger charge is -2.10. The standard InChI is InChI=1S/C14H21BrN2O/c1-3-4-5-6-7-14(18)17-13-9-12(16)10(2)8-11(13)15/h8-9H,3-7,16H2,1-2H3,(H,17,18). The van der Waals surface area contributed by atoms with Gasteiger partial charge in [0, 0.05) is 16.6 Å². The number of hydrogen-bond donors (Lipinski definition) is 2. The van der Waals surface area contributed by atoms with Gasteiger partial charge in [-0.15, -0.1) is 0 Å². The molecule has 0 fully saturated rings. The molecule has 18 heavy (non-hydrogen) atoms. The molecule has 0 saturated carbocycles. The Morgan fingerprint density at radius 3 is 2.72 bits per heavy atom. The highest BCUT2D eigenvalue weighted by Crippen LogP contribution is 2.27. The minimum atomic E-state index is 0.0510. The number of nitrogens with one attached hydrogen (secondary N) is 1. The molecule has 0 radical (unpaired) electrons. The summed E-state index contributed by atoms with van der Waals surface area (Å²) in [6.45, 7) is 4.10. The number of benzene rings is 1. The predicted octanol–water partition coefficient (Wildman–Crippen LogP) is 4.25. The molecule has 4 heteroatoms.